The largest absolute Gasteiger partial charge is 0.497 e. The maximum Gasteiger partial charge on any atom is 0.144 e. The van der Waals surface area contributed by atoms with Gasteiger partial charge in [0.25, 0.3) is 0 Å². The lowest BCUT2D eigenvalue weighted by Gasteiger charge is -2.39. The molecule has 0 aliphatic heterocycles. The van der Waals surface area contributed by atoms with Crippen LogP contribution in [0.4, 0.5) is 0 Å². The predicted molar refractivity (Wildman–Crippen MR) is 67.0 cm³/mol. The molecule has 1 aromatic carbocycles. The topological polar surface area (TPSA) is 52.3 Å². The number of benzene rings is 1. The molecule has 0 amide bonds. The molecule has 0 atom stereocenters. The van der Waals surface area contributed by atoms with Gasteiger partial charge in [0.2, 0.25) is 0 Å². The lowest BCUT2D eigenvalue weighted by molar-refractivity contribution is -0.132. The van der Waals surface area contributed by atoms with Crippen LogP contribution in [0.3, 0.4) is 0 Å². The van der Waals surface area contributed by atoms with Gasteiger partial charge >= 0.3 is 0 Å². The summed E-state index contributed by atoms with van der Waals surface area (Å²) in [5.74, 6) is 1.07. The summed E-state index contributed by atoms with van der Waals surface area (Å²) in [4.78, 5) is 12.2. The molecule has 0 aromatic heterocycles. The van der Waals surface area contributed by atoms with E-state index in [0.717, 1.165) is 30.6 Å². The van der Waals surface area contributed by atoms with E-state index in [2.05, 4.69) is 0 Å². The molecule has 1 aromatic rings. The first kappa shape index (κ1) is 12.1. The van der Waals surface area contributed by atoms with Gasteiger partial charge in [0.05, 0.1) is 7.11 Å². The van der Waals surface area contributed by atoms with Crippen LogP contribution in [0, 0.1) is 5.41 Å². The second-order valence-electron chi connectivity index (χ2n) is 4.79. The fourth-order valence-electron chi connectivity index (χ4n) is 2.36. The fourth-order valence-corrected chi connectivity index (χ4v) is 2.36. The summed E-state index contributed by atoms with van der Waals surface area (Å²) in [6.45, 7) is 0.482. The highest BCUT2D eigenvalue weighted by Crippen LogP contribution is 2.41. The molecule has 1 saturated carbocycles. The average molecular weight is 233 g/mol. The van der Waals surface area contributed by atoms with Crippen LogP contribution in [0.25, 0.3) is 0 Å². The smallest absolute Gasteiger partial charge is 0.144 e. The number of Topliss-reactive ketones (excluding diaryl/α,β-unsaturated/α-hetero) is 1. The maximum atomic E-state index is 12.2. The number of nitrogens with two attached hydrogens (primary N) is 1. The molecule has 1 aliphatic carbocycles. The van der Waals surface area contributed by atoms with Gasteiger partial charge in [0.1, 0.15) is 11.5 Å². The number of ether oxygens (including phenoxy) is 1. The number of carbonyl (C=O) groups excluding carboxylic acids is 1. The van der Waals surface area contributed by atoms with Gasteiger partial charge in [-0.25, -0.2) is 0 Å². The van der Waals surface area contributed by atoms with Crippen LogP contribution in [0.5, 0.6) is 5.75 Å². The lowest BCUT2D eigenvalue weighted by Crippen LogP contribution is -2.45. The molecular formula is C14H19NO2. The van der Waals surface area contributed by atoms with Gasteiger partial charge in [0.15, 0.2) is 0 Å². The van der Waals surface area contributed by atoms with Crippen molar-refractivity contribution in [2.75, 3.05) is 13.7 Å². The first-order valence-electron chi connectivity index (χ1n) is 6.06. The van der Waals surface area contributed by atoms with Crippen LogP contribution >= 0.6 is 0 Å². The van der Waals surface area contributed by atoms with Crippen molar-refractivity contribution in [3.63, 3.8) is 0 Å². The van der Waals surface area contributed by atoms with E-state index in [0.29, 0.717) is 13.0 Å². The van der Waals surface area contributed by atoms with Crippen molar-refractivity contribution in [1.82, 2.24) is 0 Å². The number of ketones is 1. The minimum Gasteiger partial charge on any atom is -0.497 e. The Balaban J connectivity index is 2.07. The number of rotatable bonds is 5. The summed E-state index contributed by atoms with van der Waals surface area (Å²) in [5.41, 5.74) is 6.51. The monoisotopic (exact) mass is 233 g/mol. The summed E-state index contributed by atoms with van der Waals surface area (Å²) in [5, 5.41) is 0. The highest BCUT2D eigenvalue weighted by atomic mass is 16.5. The summed E-state index contributed by atoms with van der Waals surface area (Å²) < 4.78 is 5.15. The van der Waals surface area contributed by atoms with E-state index < -0.39 is 0 Å². The van der Waals surface area contributed by atoms with Crippen molar-refractivity contribution in [2.24, 2.45) is 11.1 Å². The molecular weight excluding hydrogens is 214 g/mol. The van der Waals surface area contributed by atoms with Crippen molar-refractivity contribution >= 4 is 5.78 Å². The highest BCUT2D eigenvalue weighted by Gasteiger charge is 2.41. The number of carbonyl (C=O) groups is 1. The standard InChI is InChI=1S/C14H19NO2/c1-17-12-5-2-4-11(8-12)9-13(16)14(10-15)6-3-7-14/h2,4-5,8H,3,6-7,9-10,15H2,1H3. The van der Waals surface area contributed by atoms with Crippen molar-refractivity contribution in [3.8, 4) is 5.75 Å². The van der Waals surface area contributed by atoms with Crippen molar-refractivity contribution in [1.29, 1.82) is 0 Å². The average Bonchev–Trinajstić information content (AvgIpc) is 2.28. The van der Waals surface area contributed by atoms with Gasteiger partial charge in [-0.15, -0.1) is 0 Å². The molecule has 3 nitrogen and oxygen atoms in total. The molecule has 2 N–H and O–H groups in total. The molecule has 1 fully saturated rings. The molecule has 0 saturated heterocycles. The van der Waals surface area contributed by atoms with Crippen LogP contribution in [-0.2, 0) is 11.2 Å². The summed E-state index contributed by atoms with van der Waals surface area (Å²) in [6.07, 6.45) is 3.49. The van der Waals surface area contributed by atoms with Crippen molar-refractivity contribution < 1.29 is 9.53 Å². The van der Waals surface area contributed by atoms with Gasteiger partial charge in [-0.1, -0.05) is 18.6 Å². The molecule has 3 heteroatoms. The van der Waals surface area contributed by atoms with E-state index in [1.165, 1.54) is 0 Å². The zero-order valence-electron chi connectivity index (χ0n) is 10.2. The van der Waals surface area contributed by atoms with E-state index in [-0.39, 0.29) is 11.2 Å². The summed E-state index contributed by atoms with van der Waals surface area (Å²) >= 11 is 0. The SMILES string of the molecule is COc1cccc(CC(=O)C2(CN)CCC2)c1. The van der Waals surface area contributed by atoms with Crippen LogP contribution in [0.15, 0.2) is 24.3 Å². The molecule has 0 bridgehead atoms. The summed E-state index contributed by atoms with van der Waals surface area (Å²) in [6, 6.07) is 7.68. The minimum absolute atomic E-state index is 0.233. The number of methoxy groups -OCH3 is 1. The first-order chi connectivity index (χ1) is 8.20. The molecule has 0 unspecified atom stereocenters. The molecule has 2 rings (SSSR count). The predicted octanol–water partition coefficient (Wildman–Crippen LogP) is 1.94. The van der Waals surface area contributed by atoms with E-state index in [1.807, 2.05) is 24.3 Å². The molecule has 0 radical (unpaired) electrons. The summed E-state index contributed by atoms with van der Waals surface area (Å²) in [7, 11) is 1.63. The second kappa shape index (κ2) is 4.88. The number of hydrogen-bond acceptors (Lipinski definition) is 3. The molecule has 0 heterocycles. The zero-order valence-corrected chi connectivity index (χ0v) is 10.2. The van der Waals surface area contributed by atoms with E-state index in [9.17, 15) is 4.79 Å². The second-order valence-corrected chi connectivity index (χ2v) is 4.79. The fraction of sp³-hybridized carbons (Fsp3) is 0.500. The highest BCUT2D eigenvalue weighted by molar-refractivity contribution is 5.87. The van der Waals surface area contributed by atoms with E-state index in [4.69, 9.17) is 10.5 Å². The van der Waals surface area contributed by atoms with E-state index >= 15 is 0 Å². The maximum absolute atomic E-state index is 12.2. The van der Waals surface area contributed by atoms with E-state index in [1.54, 1.807) is 7.11 Å². The Morgan fingerprint density at radius 3 is 2.76 bits per heavy atom. The normalized spacial score (nSPS) is 17.3. The van der Waals surface area contributed by atoms with Gasteiger partial charge in [0, 0.05) is 18.4 Å². The molecule has 1 aliphatic rings. The molecule has 92 valence electrons. The Labute approximate surface area is 102 Å². The molecule has 17 heavy (non-hydrogen) atoms. The van der Waals surface area contributed by atoms with Crippen molar-refractivity contribution in [3.05, 3.63) is 29.8 Å². The minimum atomic E-state index is -0.233. The van der Waals surface area contributed by atoms with Gasteiger partial charge in [-0.05, 0) is 30.5 Å². The Bertz CT molecular complexity index is 405. The van der Waals surface area contributed by atoms with Crippen LogP contribution in [-0.4, -0.2) is 19.4 Å². The van der Waals surface area contributed by atoms with Gasteiger partial charge < -0.3 is 10.5 Å². The lowest BCUT2D eigenvalue weighted by atomic mass is 9.65. The van der Waals surface area contributed by atoms with Crippen LogP contribution in [0.1, 0.15) is 24.8 Å². The molecule has 0 spiro atoms. The van der Waals surface area contributed by atoms with Gasteiger partial charge in [-0.3, -0.25) is 4.79 Å². The Morgan fingerprint density at radius 1 is 1.47 bits per heavy atom. The van der Waals surface area contributed by atoms with Gasteiger partial charge in [-0.2, -0.15) is 0 Å². The Kier molecular flexibility index (Phi) is 3.48. The zero-order chi connectivity index (χ0) is 12.3. The number of hydrogen-bond donors (Lipinski definition) is 1. The third-order valence-electron chi connectivity index (χ3n) is 3.79. The third-order valence-corrected chi connectivity index (χ3v) is 3.79. The third kappa shape index (κ3) is 2.34. The first-order valence-corrected chi connectivity index (χ1v) is 6.06. The quantitative estimate of drug-likeness (QED) is 0.845. The van der Waals surface area contributed by atoms with Crippen LogP contribution in [0.2, 0.25) is 0 Å². The van der Waals surface area contributed by atoms with Crippen LogP contribution < -0.4 is 10.5 Å². The Hall–Kier alpha value is -1.35. The van der Waals surface area contributed by atoms with Crippen molar-refractivity contribution in [2.45, 2.75) is 25.7 Å². The Morgan fingerprint density at radius 2 is 2.24 bits per heavy atom.